The molecule has 2 aliphatic rings. The van der Waals surface area contributed by atoms with E-state index in [2.05, 4.69) is 5.32 Å². The molecule has 1 fully saturated rings. The lowest BCUT2D eigenvalue weighted by atomic mass is 9.98. The predicted molar refractivity (Wildman–Crippen MR) is 110 cm³/mol. The van der Waals surface area contributed by atoms with Crippen molar-refractivity contribution < 1.29 is 24.1 Å². The fraction of sp³-hybridized carbons (Fsp3) is 0.524. The molecule has 1 saturated heterocycles. The number of rotatable bonds is 7. The fourth-order valence-electron chi connectivity index (χ4n) is 4.09. The Morgan fingerprint density at radius 3 is 2.32 bits per heavy atom. The molecule has 0 saturated carbocycles. The maximum absolute atomic E-state index is 12.5. The highest BCUT2D eigenvalue weighted by atomic mass is 16.6. The van der Waals surface area contributed by atoms with Crippen LogP contribution in [0.2, 0.25) is 0 Å². The molecule has 0 aliphatic carbocycles. The number of benzene rings is 1. The molecule has 1 aromatic carbocycles. The van der Waals surface area contributed by atoms with Crippen molar-refractivity contribution in [2.45, 2.75) is 45.6 Å². The monoisotopic (exact) mass is 430 g/mol. The van der Waals surface area contributed by atoms with Gasteiger partial charge in [-0.1, -0.05) is 13.8 Å². The molecular formula is C21H26N4O6. The summed E-state index contributed by atoms with van der Waals surface area (Å²) in [6.07, 6.45) is 2.81. The first-order valence-corrected chi connectivity index (χ1v) is 10.5. The van der Waals surface area contributed by atoms with Gasteiger partial charge in [0.1, 0.15) is 6.54 Å². The highest BCUT2D eigenvalue weighted by molar-refractivity contribution is 6.22. The van der Waals surface area contributed by atoms with Gasteiger partial charge in [0.15, 0.2) is 0 Å². The standard InChI is InChI=1S/C21H26N4O6/c1-3-13(4-2)19(27)23-9-7-14(8-10-23)22-18(26)12-24-20(28)16-6-5-15(25(30)31)11-17(16)21(24)29/h5-6,11,13-14H,3-4,7-10,12H2,1-2H3,(H,22,26). The molecule has 2 aliphatic heterocycles. The maximum atomic E-state index is 12.5. The zero-order valence-corrected chi connectivity index (χ0v) is 17.6. The molecule has 10 nitrogen and oxygen atoms in total. The normalized spacial score (nSPS) is 16.6. The van der Waals surface area contributed by atoms with Crippen LogP contribution in [0.25, 0.3) is 0 Å². The van der Waals surface area contributed by atoms with Crippen LogP contribution in [0.1, 0.15) is 60.2 Å². The topological polar surface area (TPSA) is 130 Å². The minimum Gasteiger partial charge on any atom is -0.352 e. The number of hydrogen-bond donors (Lipinski definition) is 1. The molecule has 0 bridgehead atoms. The second-order valence-corrected chi connectivity index (χ2v) is 7.86. The van der Waals surface area contributed by atoms with Crippen LogP contribution in [0.3, 0.4) is 0 Å². The van der Waals surface area contributed by atoms with Gasteiger partial charge in [-0.2, -0.15) is 0 Å². The number of nitrogens with zero attached hydrogens (tertiary/aromatic N) is 3. The Balaban J connectivity index is 1.55. The van der Waals surface area contributed by atoms with E-state index < -0.39 is 29.2 Å². The first-order chi connectivity index (χ1) is 14.8. The molecule has 10 heteroatoms. The number of nitro groups is 1. The number of imide groups is 1. The molecule has 0 radical (unpaired) electrons. The molecule has 0 unspecified atom stereocenters. The summed E-state index contributed by atoms with van der Waals surface area (Å²) in [5, 5.41) is 13.7. The van der Waals surface area contributed by atoms with Crippen LogP contribution in [-0.2, 0) is 9.59 Å². The van der Waals surface area contributed by atoms with Crippen LogP contribution in [0.15, 0.2) is 18.2 Å². The van der Waals surface area contributed by atoms with Gasteiger partial charge in [-0.3, -0.25) is 34.2 Å². The molecule has 2 heterocycles. The number of amides is 4. The Hall–Kier alpha value is -3.30. The average Bonchev–Trinajstić information content (AvgIpc) is 2.99. The molecule has 166 valence electrons. The first-order valence-electron chi connectivity index (χ1n) is 10.5. The molecule has 4 amide bonds. The number of hydrogen-bond acceptors (Lipinski definition) is 6. The minimum absolute atomic E-state index is 0.0239. The zero-order valence-electron chi connectivity index (χ0n) is 17.6. The summed E-state index contributed by atoms with van der Waals surface area (Å²) in [5.41, 5.74) is -0.308. The first kappa shape index (κ1) is 22.4. The number of non-ortho nitro benzene ring substituents is 1. The van der Waals surface area contributed by atoms with E-state index in [1.54, 1.807) is 0 Å². The number of piperidine rings is 1. The van der Waals surface area contributed by atoms with E-state index in [4.69, 9.17) is 0 Å². The number of likely N-dealkylation sites (tertiary alicyclic amines) is 1. The van der Waals surface area contributed by atoms with E-state index in [9.17, 15) is 29.3 Å². The molecular weight excluding hydrogens is 404 g/mol. The van der Waals surface area contributed by atoms with Crippen LogP contribution in [-0.4, -0.2) is 64.0 Å². The van der Waals surface area contributed by atoms with Crippen LogP contribution in [0.4, 0.5) is 5.69 Å². The van der Waals surface area contributed by atoms with Gasteiger partial charge in [-0.25, -0.2) is 0 Å². The lowest BCUT2D eigenvalue weighted by Crippen LogP contribution is -2.50. The van der Waals surface area contributed by atoms with Crippen LogP contribution < -0.4 is 5.32 Å². The smallest absolute Gasteiger partial charge is 0.270 e. The lowest BCUT2D eigenvalue weighted by Gasteiger charge is -2.34. The highest BCUT2D eigenvalue weighted by Crippen LogP contribution is 2.26. The van der Waals surface area contributed by atoms with Gasteiger partial charge < -0.3 is 10.2 Å². The van der Waals surface area contributed by atoms with Crippen molar-refractivity contribution in [3.05, 3.63) is 39.4 Å². The summed E-state index contributed by atoms with van der Waals surface area (Å²) < 4.78 is 0. The molecule has 31 heavy (non-hydrogen) atoms. The number of fused-ring (bicyclic) bond motifs is 1. The highest BCUT2D eigenvalue weighted by Gasteiger charge is 2.38. The lowest BCUT2D eigenvalue weighted by molar-refractivity contribution is -0.384. The summed E-state index contributed by atoms with van der Waals surface area (Å²) in [6, 6.07) is 3.30. The van der Waals surface area contributed by atoms with E-state index >= 15 is 0 Å². The Bertz CT molecular complexity index is 918. The number of nitrogens with one attached hydrogen (secondary N) is 1. The van der Waals surface area contributed by atoms with Gasteiger partial charge in [0, 0.05) is 37.2 Å². The Morgan fingerprint density at radius 1 is 1.13 bits per heavy atom. The van der Waals surface area contributed by atoms with Crippen LogP contribution in [0, 0.1) is 16.0 Å². The van der Waals surface area contributed by atoms with E-state index in [0.717, 1.165) is 29.9 Å². The molecule has 0 spiro atoms. The number of carbonyl (C=O) groups is 4. The van der Waals surface area contributed by atoms with E-state index in [-0.39, 0.29) is 34.7 Å². The van der Waals surface area contributed by atoms with Crippen molar-refractivity contribution in [2.24, 2.45) is 5.92 Å². The van der Waals surface area contributed by atoms with Crippen LogP contribution >= 0.6 is 0 Å². The number of carbonyl (C=O) groups excluding carboxylic acids is 4. The predicted octanol–water partition coefficient (Wildman–Crippen LogP) is 1.73. The third kappa shape index (κ3) is 4.57. The summed E-state index contributed by atoms with van der Waals surface area (Å²) in [6.45, 7) is 4.65. The van der Waals surface area contributed by atoms with E-state index in [1.807, 2.05) is 18.7 Å². The van der Waals surface area contributed by atoms with Gasteiger partial charge in [-0.05, 0) is 31.7 Å². The third-order valence-corrected chi connectivity index (χ3v) is 5.97. The average molecular weight is 430 g/mol. The van der Waals surface area contributed by atoms with Crippen molar-refractivity contribution in [2.75, 3.05) is 19.6 Å². The van der Waals surface area contributed by atoms with Crippen molar-refractivity contribution in [3.63, 3.8) is 0 Å². The molecule has 3 rings (SSSR count). The second kappa shape index (κ2) is 9.23. The Labute approximate surface area is 179 Å². The van der Waals surface area contributed by atoms with Crippen molar-refractivity contribution in [1.29, 1.82) is 0 Å². The molecule has 1 N–H and O–H groups in total. The molecule has 0 atom stereocenters. The SMILES string of the molecule is CCC(CC)C(=O)N1CCC(NC(=O)CN2C(=O)c3ccc([N+](=O)[O-])cc3C2=O)CC1. The van der Waals surface area contributed by atoms with Gasteiger partial charge in [0.25, 0.3) is 17.5 Å². The maximum Gasteiger partial charge on any atom is 0.270 e. The van der Waals surface area contributed by atoms with Crippen molar-refractivity contribution in [3.8, 4) is 0 Å². The third-order valence-electron chi connectivity index (χ3n) is 5.97. The van der Waals surface area contributed by atoms with Gasteiger partial charge >= 0.3 is 0 Å². The summed E-state index contributed by atoms with van der Waals surface area (Å²) >= 11 is 0. The van der Waals surface area contributed by atoms with Gasteiger partial charge in [0.2, 0.25) is 11.8 Å². The van der Waals surface area contributed by atoms with Gasteiger partial charge in [-0.15, -0.1) is 0 Å². The number of nitro benzene ring substituents is 1. The Kier molecular flexibility index (Phi) is 6.67. The quantitative estimate of drug-likeness (QED) is 0.398. The van der Waals surface area contributed by atoms with Crippen LogP contribution in [0.5, 0.6) is 0 Å². The molecule has 0 aromatic heterocycles. The summed E-state index contributed by atoms with van der Waals surface area (Å²) in [7, 11) is 0. The summed E-state index contributed by atoms with van der Waals surface area (Å²) in [5.74, 6) is -1.67. The second-order valence-electron chi connectivity index (χ2n) is 7.86. The summed E-state index contributed by atoms with van der Waals surface area (Å²) in [4.78, 5) is 62.8. The zero-order chi connectivity index (χ0) is 22.7. The largest absolute Gasteiger partial charge is 0.352 e. The van der Waals surface area contributed by atoms with Crippen molar-refractivity contribution in [1.82, 2.24) is 15.1 Å². The van der Waals surface area contributed by atoms with Crippen molar-refractivity contribution >= 4 is 29.3 Å². The molecule has 1 aromatic rings. The van der Waals surface area contributed by atoms with Gasteiger partial charge in [0.05, 0.1) is 16.1 Å². The Morgan fingerprint density at radius 2 is 1.74 bits per heavy atom. The van der Waals surface area contributed by atoms with E-state index in [0.29, 0.717) is 25.9 Å². The minimum atomic E-state index is -0.718. The van der Waals surface area contributed by atoms with E-state index in [1.165, 1.54) is 6.07 Å². The fourth-order valence-corrected chi connectivity index (χ4v) is 4.09.